The van der Waals surface area contributed by atoms with Crippen molar-refractivity contribution in [1.82, 2.24) is 0 Å². The summed E-state index contributed by atoms with van der Waals surface area (Å²) < 4.78 is 14.6. The van der Waals surface area contributed by atoms with Crippen LogP contribution in [0, 0.1) is 14.3 Å². The molecule has 0 unspecified atom stereocenters. The van der Waals surface area contributed by atoms with Crippen molar-refractivity contribution in [3.05, 3.63) is 72.9 Å². The molecule has 158 valence electrons. The van der Waals surface area contributed by atoms with Crippen molar-refractivity contribution in [2.45, 2.75) is 5.60 Å². The van der Waals surface area contributed by atoms with Crippen LogP contribution in [-0.4, -0.2) is 80.8 Å². The summed E-state index contributed by atoms with van der Waals surface area (Å²) in [5.74, 6) is 0.616. The van der Waals surface area contributed by atoms with Gasteiger partial charge in [-0.15, -0.1) is 0 Å². The van der Waals surface area contributed by atoms with E-state index in [0.717, 1.165) is 0 Å². The number of hydrogen-bond donors (Lipinski definition) is 2. The molecule has 0 bridgehead atoms. The van der Waals surface area contributed by atoms with Crippen LogP contribution in [0.5, 0.6) is 23.0 Å². The fraction of sp³-hybridized carbons (Fsp3) is 0.0500. The fourth-order valence-corrected chi connectivity index (χ4v) is 7.35. The van der Waals surface area contributed by atoms with Crippen molar-refractivity contribution in [3.63, 3.8) is 0 Å². The summed E-state index contributed by atoms with van der Waals surface area (Å²) in [6, 6.07) is 10.9. The maximum absolute atomic E-state index is 12.9. The van der Waals surface area contributed by atoms with Gasteiger partial charge < -0.3 is 25.2 Å². The Hall–Kier alpha value is 1.41. The van der Waals surface area contributed by atoms with Crippen LogP contribution < -0.4 is 4.74 Å². The van der Waals surface area contributed by atoms with Crippen molar-refractivity contribution in [1.29, 1.82) is 0 Å². The quantitative estimate of drug-likeness (QED) is 0.202. The molecule has 0 atom stereocenters. The van der Waals surface area contributed by atoms with E-state index in [1.54, 1.807) is 24.3 Å². The molecule has 0 fully saturated rings. The zero-order valence-corrected chi connectivity index (χ0v) is 23.2. The number of fused-ring (bicyclic) bond motifs is 6. The van der Waals surface area contributed by atoms with E-state index >= 15 is 0 Å². The van der Waals surface area contributed by atoms with Crippen LogP contribution in [0.1, 0.15) is 27.0 Å². The Labute approximate surface area is 282 Å². The molecule has 6 nitrogen and oxygen atoms in total. The predicted octanol–water partition coefficient (Wildman–Crippen LogP) is 3.96. The van der Waals surface area contributed by atoms with Gasteiger partial charge in [-0.25, -0.2) is 4.79 Å². The minimum atomic E-state index is -1.22. The van der Waals surface area contributed by atoms with Gasteiger partial charge in [-0.3, -0.25) is 0 Å². The van der Waals surface area contributed by atoms with Crippen molar-refractivity contribution in [2.75, 3.05) is 0 Å². The predicted molar refractivity (Wildman–Crippen MR) is 157 cm³/mol. The molecule has 5 rings (SSSR count). The number of esters is 1. The van der Waals surface area contributed by atoms with Crippen molar-refractivity contribution < 1.29 is 30.0 Å². The second-order valence-electron chi connectivity index (χ2n) is 6.51. The third kappa shape index (κ3) is 4.18. The molecule has 2 aliphatic rings. The Morgan fingerprint density at radius 2 is 1.25 bits per heavy atom. The van der Waals surface area contributed by atoms with Crippen molar-refractivity contribution in [2.24, 2.45) is 0 Å². The SMILES string of the molecule is O.O=C1OC2(c3ccccc31)c1cc(I)c(O)c(I)c1Oc1c2cc(I)c(O)c1I.[NaH].[NaH]. The number of ether oxygens (including phenoxy) is 2. The average Bonchev–Trinajstić information content (AvgIpc) is 3.00. The Kier molecular flexibility index (Phi) is 10.0. The van der Waals surface area contributed by atoms with E-state index in [1.165, 1.54) is 0 Å². The topological polar surface area (TPSA) is 107 Å². The van der Waals surface area contributed by atoms with Gasteiger partial charge in [0, 0.05) is 5.56 Å². The maximum atomic E-state index is 12.9. The first-order chi connectivity index (χ1) is 13.8. The summed E-state index contributed by atoms with van der Waals surface area (Å²) in [5, 5.41) is 21.0. The second kappa shape index (κ2) is 10.8. The van der Waals surface area contributed by atoms with E-state index in [1.807, 2.05) is 57.3 Å². The molecular weight excluding hydrogens is 890 g/mol. The first-order valence-electron chi connectivity index (χ1n) is 8.21. The molecule has 0 aliphatic carbocycles. The number of halogens is 4. The number of benzene rings is 3. The Bertz CT molecular complexity index is 1200. The molecule has 2 heterocycles. The number of carbonyl (C=O) groups is 1. The Morgan fingerprint density at radius 3 is 1.75 bits per heavy atom. The van der Waals surface area contributed by atoms with Gasteiger partial charge in [0.15, 0.2) is 17.1 Å². The molecule has 32 heavy (non-hydrogen) atoms. The standard InChI is InChI=1S/C20H8I4O5.2Na.H2O.2H/c21-11-5-9-17(13(23)15(11)25)28-18-10(6-12(22)16(26)14(18)24)20(9)8-4-2-1-3-7(8)19(27)29-20;;;;;/h1-6,25-26H;;;1H2;;. The van der Waals surface area contributed by atoms with Gasteiger partial charge in [0.05, 0.1) is 31.0 Å². The molecule has 4 N–H and O–H groups in total. The molecule has 1 spiro atoms. The molecule has 0 saturated heterocycles. The molecule has 2 aliphatic heterocycles. The summed E-state index contributed by atoms with van der Waals surface area (Å²) in [6.07, 6.45) is 0. The van der Waals surface area contributed by atoms with Gasteiger partial charge in [-0.2, -0.15) is 0 Å². The minimum absolute atomic E-state index is 0. The molecule has 0 amide bonds. The first-order valence-corrected chi connectivity index (χ1v) is 12.5. The third-order valence-corrected chi connectivity index (χ3v) is 8.68. The van der Waals surface area contributed by atoms with Gasteiger partial charge in [0.25, 0.3) is 0 Å². The zero-order chi connectivity index (χ0) is 20.7. The Morgan fingerprint density at radius 1 is 0.781 bits per heavy atom. The second-order valence-corrected chi connectivity index (χ2v) is 11.0. The number of phenolic OH excluding ortho intramolecular Hbond substituents is 2. The van der Waals surface area contributed by atoms with Gasteiger partial charge in [-0.05, 0) is 109 Å². The summed E-state index contributed by atoms with van der Waals surface area (Å²) in [5.41, 5.74) is 1.27. The van der Waals surface area contributed by atoms with E-state index in [0.29, 0.717) is 48.0 Å². The fourth-order valence-electron chi connectivity index (χ4n) is 3.77. The Balaban J connectivity index is 0.00000121. The normalized spacial score (nSPS) is 13.9. The molecular formula is C20H12I4Na2O6. The van der Waals surface area contributed by atoms with E-state index < -0.39 is 11.6 Å². The van der Waals surface area contributed by atoms with Crippen LogP contribution in [-0.2, 0) is 10.3 Å². The summed E-state index contributed by atoms with van der Waals surface area (Å²) >= 11 is 8.17. The van der Waals surface area contributed by atoms with Crippen LogP contribution in [0.2, 0.25) is 0 Å². The number of rotatable bonds is 0. The summed E-state index contributed by atoms with van der Waals surface area (Å²) in [4.78, 5) is 12.9. The van der Waals surface area contributed by atoms with Crippen LogP contribution in [0.3, 0.4) is 0 Å². The average molecular weight is 902 g/mol. The van der Waals surface area contributed by atoms with Crippen LogP contribution >= 0.6 is 90.4 Å². The number of phenols is 2. The number of carbonyl (C=O) groups excluding carboxylic acids is 1. The summed E-state index contributed by atoms with van der Waals surface area (Å²) in [7, 11) is 0. The number of aromatic hydroxyl groups is 2. The van der Waals surface area contributed by atoms with E-state index in [9.17, 15) is 15.0 Å². The van der Waals surface area contributed by atoms with E-state index in [4.69, 9.17) is 9.47 Å². The zero-order valence-electron chi connectivity index (χ0n) is 14.6. The van der Waals surface area contributed by atoms with Gasteiger partial charge in [0.1, 0.15) is 11.5 Å². The van der Waals surface area contributed by atoms with Crippen molar-refractivity contribution >= 4 is 155 Å². The molecule has 0 radical (unpaired) electrons. The molecule has 12 heteroatoms. The van der Waals surface area contributed by atoms with Gasteiger partial charge in [0.2, 0.25) is 0 Å². The molecule has 3 aromatic carbocycles. The summed E-state index contributed by atoms with van der Waals surface area (Å²) in [6.45, 7) is 0. The third-order valence-electron chi connectivity index (χ3n) is 5.03. The monoisotopic (exact) mass is 902 g/mol. The molecule has 3 aromatic rings. The van der Waals surface area contributed by atoms with Crippen molar-refractivity contribution in [3.8, 4) is 23.0 Å². The van der Waals surface area contributed by atoms with E-state index in [-0.39, 0.29) is 76.1 Å². The molecule has 0 aromatic heterocycles. The van der Waals surface area contributed by atoms with Crippen LogP contribution in [0.25, 0.3) is 0 Å². The van der Waals surface area contributed by atoms with E-state index in [2.05, 4.69) is 45.2 Å². The van der Waals surface area contributed by atoms with Crippen LogP contribution in [0.15, 0.2) is 36.4 Å². The van der Waals surface area contributed by atoms with Gasteiger partial charge in [-0.1, -0.05) is 18.2 Å². The van der Waals surface area contributed by atoms with Crippen LogP contribution in [0.4, 0.5) is 0 Å². The number of hydrogen-bond acceptors (Lipinski definition) is 5. The van der Waals surface area contributed by atoms with Gasteiger partial charge >= 0.3 is 65.1 Å². The first kappa shape index (κ1) is 29.6. The molecule has 0 saturated carbocycles.